The molecule has 1 rings (SSSR count). The number of ether oxygens (including phenoxy) is 2. The van der Waals surface area contributed by atoms with Gasteiger partial charge in [0, 0.05) is 12.8 Å². The van der Waals surface area contributed by atoms with E-state index in [1.807, 2.05) is 0 Å². The van der Waals surface area contributed by atoms with Gasteiger partial charge in [-0.1, -0.05) is 0 Å². The van der Waals surface area contributed by atoms with Gasteiger partial charge in [0.2, 0.25) is 0 Å². The van der Waals surface area contributed by atoms with Crippen LogP contribution in [-0.4, -0.2) is 53.6 Å². The van der Waals surface area contributed by atoms with E-state index in [2.05, 4.69) is 4.74 Å². The average molecular weight is 207 g/mol. The van der Waals surface area contributed by atoms with E-state index in [1.165, 1.54) is 7.11 Å². The Hall–Kier alpha value is -0.460. The first-order valence-electron chi connectivity index (χ1n) is 3.92. The largest absolute Gasteiger partial charge is 0.468 e. The fourth-order valence-electron chi connectivity index (χ4n) is 1.22. The molecule has 0 amide bonds. The third-order valence-electron chi connectivity index (χ3n) is 1.88. The fourth-order valence-corrected chi connectivity index (χ4v) is 2.05. The first-order valence-corrected chi connectivity index (χ1v) is 5.44. The van der Waals surface area contributed by atoms with Gasteiger partial charge in [-0.05, 0) is 0 Å². The van der Waals surface area contributed by atoms with Gasteiger partial charge in [0.05, 0.1) is 31.3 Å². The maximum absolute atomic E-state index is 11.2. The van der Waals surface area contributed by atoms with Crippen molar-refractivity contribution >= 4 is 17.0 Å². The number of carbonyl (C=O) groups is 1. The summed E-state index contributed by atoms with van der Waals surface area (Å²) in [5, 5.41) is 0. The van der Waals surface area contributed by atoms with Gasteiger partial charge in [-0.2, -0.15) is 0 Å². The monoisotopic (exact) mass is 207 g/mol. The predicted octanol–water partition coefficient (Wildman–Crippen LogP) is -0.846. The van der Waals surface area contributed by atoms with E-state index in [1.54, 1.807) is 10.6 Å². The van der Waals surface area contributed by atoms with Crippen LogP contribution >= 0.6 is 0 Å². The van der Waals surface area contributed by atoms with Gasteiger partial charge < -0.3 is 9.47 Å². The highest BCUT2D eigenvalue weighted by Gasteiger charge is 2.32. The van der Waals surface area contributed by atoms with Crippen LogP contribution in [0.3, 0.4) is 0 Å². The number of hydrogen-bond acceptors (Lipinski definition) is 4. The van der Waals surface area contributed by atoms with Crippen LogP contribution in [0.1, 0.15) is 0 Å². The molecule has 5 nitrogen and oxygen atoms in total. The van der Waals surface area contributed by atoms with Crippen LogP contribution in [0.4, 0.5) is 0 Å². The highest BCUT2D eigenvalue weighted by atomic mass is 32.2. The molecule has 0 aromatic rings. The zero-order valence-corrected chi connectivity index (χ0v) is 8.50. The molecule has 13 heavy (non-hydrogen) atoms. The Balaban J connectivity index is 2.67. The standard InChI is InChI=1S/C7H13NO4S/c1-11-7(9)6-5-12-4-3-8(6)13(2)10/h6H,3-5H2,1-2H3. The van der Waals surface area contributed by atoms with Crippen molar-refractivity contribution in [2.45, 2.75) is 6.04 Å². The smallest absolute Gasteiger partial charge is 0.326 e. The molecule has 1 aliphatic heterocycles. The second-order valence-corrected chi connectivity index (χ2v) is 3.99. The second kappa shape index (κ2) is 4.69. The number of rotatable bonds is 2. The quantitative estimate of drug-likeness (QED) is 0.554. The summed E-state index contributed by atoms with van der Waals surface area (Å²) < 4.78 is 22.5. The topological polar surface area (TPSA) is 55.8 Å². The summed E-state index contributed by atoms with van der Waals surface area (Å²) in [4.78, 5) is 11.2. The number of methoxy groups -OCH3 is 1. The molecule has 0 N–H and O–H groups in total. The van der Waals surface area contributed by atoms with Crippen LogP contribution < -0.4 is 0 Å². The van der Waals surface area contributed by atoms with Crippen molar-refractivity contribution in [3.8, 4) is 0 Å². The molecular formula is C7H13NO4S. The van der Waals surface area contributed by atoms with E-state index in [0.29, 0.717) is 13.2 Å². The Morgan fingerprint density at radius 2 is 2.38 bits per heavy atom. The summed E-state index contributed by atoms with van der Waals surface area (Å²) in [5.41, 5.74) is 0. The third kappa shape index (κ3) is 2.49. The highest BCUT2D eigenvalue weighted by Crippen LogP contribution is 2.09. The van der Waals surface area contributed by atoms with Crippen LogP contribution in [0.5, 0.6) is 0 Å². The lowest BCUT2D eigenvalue weighted by Crippen LogP contribution is -2.50. The fraction of sp³-hybridized carbons (Fsp3) is 0.857. The van der Waals surface area contributed by atoms with Crippen LogP contribution in [0.25, 0.3) is 0 Å². The molecule has 0 aromatic carbocycles. The van der Waals surface area contributed by atoms with Gasteiger partial charge in [-0.15, -0.1) is 0 Å². The van der Waals surface area contributed by atoms with Crippen molar-refractivity contribution < 1.29 is 18.5 Å². The molecule has 2 unspecified atom stereocenters. The molecular weight excluding hydrogens is 194 g/mol. The average Bonchev–Trinajstić information content (AvgIpc) is 2.16. The molecule has 0 bridgehead atoms. The first kappa shape index (κ1) is 10.6. The Kier molecular flexibility index (Phi) is 3.83. The number of morpholine rings is 1. The van der Waals surface area contributed by atoms with E-state index in [-0.39, 0.29) is 6.61 Å². The van der Waals surface area contributed by atoms with Crippen molar-refractivity contribution in [1.82, 2.24) is 4.31 Å². The summed E-state index contributed by atoms with van der Waals surface area (Å²) in [5.74, 6) is -0.394. The summed E-state index contributed by atoms with van der Waals surface area (Å²) in [7, 11) is 0.161. The van der Waals surface area contributed by atoms with Crippen LogP contribution in [0, 0.1) is 0 Å². The summed E-state index contributed by atoms with van der Waals surface area (Å²) in [6.07, 6.45) is 1.54. The number of hydrogen-bond donors (Lipinski definition) is 0. The van der Waals surface area contributed by atoms with E-state index >= 15 is 0 Å². The first-order chi connectivity index (χ1) is 6.16. The van der Waals surface area contributed by atoms with E-state index in [0.717, 1.165) is 0 Å². The minimum Gasteiger partial charge on any atom is -0.468 e. The molecule has 0 spiro atoms. The Labute approximate surface area is 79.6 Å². The Morgan fingerprint density at radius 3 is 2.92 bits per heavy atom. The van der Waals surface area contributed by atoms with Gasteiger partial charge >= 0.3 is 5.97 Å². The van der Waals surface area contributed by atoms with Gasteiger partial charge in [0.25, 0.3) is 0 Å². The molecule has 76 valence electrons. The van der Waals surface area contributed by atoms with Crippen LogP contribution in [-0.2, 0) is 25.3 Å². The predicted molar refractivity (Wildman–Crippen MR) is 47.4 cm³/mol. The molecule has 6 heteroatoms. The molecule has 2 atom stereocenters. The summed E-state index contributed by atoms with van der Waals surface area (Å²) in [6, 6.07) is -0.524. The normalized spacial score (nSPS) is 26.8. The van der Waals surface area contributed by atoms with Crippen LogP contribution in [0.15, 0.2) is 0 Å². The lowest BCUT2D eigenvalue weighted by Gasteiger charge is -2.30. The molecule has 1 saturated heterocycles. The zero-order valence-electron chi connectivity index (χ0n) is 7.69. The lowest BCUT2D eigenvalue weighted by atomic mass is 10.3. The molecule has 0 aromatic heterocycles. The van der Waals surface area contributed by atoms with Crippen LogP contribution in [0.2, 0.25) is 0 Å². The maximum Gasteiger partial charge on any atom is 0.326 e. The molecule has 0 aliphatic carbocycles. The highest BCUT2D eigenvalue weighted by molar-refractivity contribution is 7.81. The zero-order chi connectivity index (χ0) is 9.84. The van der Waals surface area contributed by atoms with Crippen molar-refractivity contribution in [2.24, 2.45) is 0 Å². The van der Waals surface area contributed by atoms with E-state index in [4.69, 9.17) is 4.74 Å². The maximum atomic E-state index is 11.2. The lowest BCUT2D eigenvalue weighted by molar-refractivity contribution is -0.149. The molecule has 0 radical (unpaired) electrons. The van der Waals surface area contributed by atoms with Gasteiger partial charge in [-0.25, -0.2) is 8.51 Å². The van der Waals surface area contributed by atoms with E-state index in [9.17, 15) is 9.00 Å². The van der Waals surface area contributed by atoms with Crippen molar-refractivity contribution in [3.05, 3.63) is 0 Å². The molecule has 0 saturated carbocycles. The number of nitrogens with zero attached hydrogens (tertiary/aromatic N) is 1. The van der Waals surface area contributed by atoms with Gasteiger partial charge in [0.15, 0.2) is 0 Å². The van der Waals surface area contributed by atoms with Gasteiger partial charge in [-0.3, -0.25) is 4.79 Å². The number of esters is 1. The summed E-state index contributed by atoms with van der Waals surface area (Å²) in [6.45, 7) is 1.27. The van der Waals surface area contributed by atoms with Crippen molar-refractivity contribution in [3.63, 3.8) is 0 Å². The minimum absolute atomic E-state index is 0.256. The van der Waals surface area contributed by atoms with E-state index < -0.39 is 23.0 Å². The summed E-state index contributed by atoms with van der Waals surface area (Å²) >= 11 is 0. The molecule has 1 aliphatic rings. The third-order valence-corrected chi connectivity index (χ3v) is 2.98. The van der Waals surface area contributed by atoms with Gasteiger partial charge in [0.1, 0.15) is 6.04 Å². The Bertz CT molecular complexity index is 221. The second-order valence-electron chi connectivity index (χ2n) is 2.68. The number of carbonyl (C=O) groups excluding carboxylic acids is 1. The molecule has 1 fully saturated rings. The molecule has 1 heterocycles. The minimum atomic E-state index is -1.15. The SMILES string of the molecule is COC(=O)C1COCCN1S(C)=O. The van der Waals surface area contributed by atoms with Crippen molar-refractivity contribution in [2.75, 3.05) is 33.1 Å². The van der Waals surface area contributed by atoms with Crippen molar-refractivity contribution in [1.29, 1.82) is 0 Å². The Morgan fingerprint density at radius 1 is 1.69 bits per heavy atom.